The van der Waals surface area contributed by atoms with Gasteiger partial charge in [0.1, 0.15) is 23.3 Å². The van der Waals surface area contributed by atoms with Crippen molar-refractivity contribution < 1.29 is 9.59 Å². The summed E-state index contributed by atoms with van der Waals surface area (Å²) in [4.78, 5) is 24.1. The standard InChI is InChI=1S/C20H18N4O2/c21-11-15(19(25)23-17-4-5-17)9-13-2-1-3-14(8-13)10-16(12-22)20(26)24-18-6-7-18/h1-3,8-10,17-18H,4-7H2,(H,23,25)(H,24,26)/b15-9+,16-10+. The summed E-state index contributed by atoms with van der Waals surface area (Å²) in [6.45, 7) is 0. The fraction of sp³-hybridized carbons (Fsp3) is 0.300. The Bertz CT molecular complexity index is 809. The monoisotopic (exact) mass is 346 g/mol. The number of rotatable bonds is 6. The molecule has 3 rings (SSSR count). The van der Waals surface area contributed by atoms with E-state index >= 15 is 0 Å². The number of hydrogen-bond donors (Lipinski definition) is 2. The molecule has 2 aliphatic rings. The highest BCUT2D eigenvalue weighted by atomic mass is 16.2. The number of benzene rings is 1. The van der Waals surface area contributed by atoms with Crippen LogP contribution in [-0.2, 0) is 9.59 Å². The first-order chi connectivity index (χ1) is 12.6. The normalized spacial score (nSPS) is 17.0. The van der Waals surface area contributed by atoms with Crippen molar-refractivity contribution in [2.45, 2.75) is 37.8 Å². The molecule has 2 fully saturated rings. The number of carbonyl (C=O) groups excluding carboxylic acids is 2. The Morgan fingerprint density at radius 3 is 1.65 bits per heavy atom. The van der Waals surface area contributed by atoms with E-state index in [0.717, 1.165) is 25.7 Å². The average molecular weight is 346 g/mol. The summed E-state index contributed by atoms with van der Waals surface area (Å²) in [5.41, 5.74) is 1.37. The minimum Gasteiger partial charge on any atom is -0.349 e. The van der Waals surface area contributed by atoms with Gasteiger partial charge in [0, 0.05) is 12.1 Å². The van der Waals surface area contributed by atoms with Gasteiger partial charge in [-0.25, -0.2) is 0 Å². The maximum Gasteiger partial charge on any atom is 0.262 e. The Hall–Kier alpha value is -3.38. The zero-order valence-electron chi connectivity index (χ0n) is 14.2. The van der Waals surface area contributed by atoms with Crippen LogP contribution in [-0.4, -0.2) is 23.9 Å². The molecule has 6 nitrogen and oxygen atoms in total. The number of hydrogen-bond acceptors (Lipinski definition) is 4. The van der Waals surface area contributed by atoms with Crippen molar-refractivity contribution >= 4 is 24.0 Å². The van der Waals surface area contributed by atoms with Crippen LogP contribution in [0.15, 0.2) is 35.4 Å². The molecule has 0 unspecified atom stereocenters. The van der Waals surface area contributed by atoms with Gasteiger partial charge in [-0.1, -0.05) is 18.2 Å². The van der Waals surface area contributed by atoms with Gasteiger partial charge in [-0.05, 0) is 55.0 Å². The van der Waals surface area contributed by atoms with Gasteiger partial charge in [0.2, 0.25) is 0 Å². The molecule has 0 aliphatic heterocycles. The number of amides is 2. The minimum atomic E-state index is -0.377. The van der Waals surface area contributed by atoms with Crippen molar-refractivity contribution in [3.8, 4) is 12.1 Å². The second-order valence-corrected chi connectivity index (χ2v) is 6.51. The molecule has 1 aromatic rings. The largest absolute Gasteiger partial charge is 0.349 e. The highest BCUT2D eigenvalue weighted by Gasteiger charge is 2.25. The van der Waals surface area contributed by atoms with Gasteiger partial charge in [-0.15, -0.1) is 0 Å². The van der Waals surface area contributed by atoms with Crippen LogP contribution in [0.3, 0.4) is 0 Å². The summed E-state index contributed by atoms with van der Waals surface area (Å²) in [6.07, 6.45) is 6.81. The number of carbonyl (C=O) groups is 2. The van der Waals surface area contributed by atoms with Crippen LogP contribution < -0.4 is 10.6 Å². The van der Waals surface area contributed by atoms with Crippen molar-refractivity contribution in [2.24, 2.45) is 0 Å². The van der Waals surface area contributed by atoms with Gasteiger partial charge in [-0.3, -0.25) is 9.59 Å². The smallest absolute Gasteiger partial charge is 0.262 e. The van der Waals surface area contributed by atoms with Gasteiger partial charge in [0.25, 0.3) is 11.8 Å². The summed E-state index contributed by atoms with van der Waals surface area (Å²) < 4.78 is 0. The van der Waals surface area contributed by atoms with Crippen LogP contribution in [0.25, 0.3) is 12.2 Å². The Morgan fingerprint density at radius 1 is 0.885 bits per heavy atom. The molecule has 0 saturated heterocycles. The first-order valence-corrected chi connectivity index (χ1v) is 8.54. The molecule has 130 valence electrons. The molecule has 0 heterocycles. The summed E-state index contributed by atoms with van der Waals surface area (Å²) in [5.74, 6) is -0.755. The fourth-order valence-electron chi connectivity index (χ4n) is 2.35. The fourth-order valence-corrected chi connectivity index (χ4v) is 2.35. The molecule has 2 aliphatic carbocycles. The first-order valence-electron chi connectivity index (χ1n) is 8.54. The molecule has 0 spiro atoms. The van der Waals surface area contributed by atoms with Crippen molar-refractivity contribution in [3.63, 3.8) is 0 Å². The summed E-state index contributed by atoms with van der Waals surface area (Å²) in [5, 5.41) is 24.0. The van der Waals surface area contributed by atoms with E-state index < -0.39 is 0 Å². The Balaban J connectivity index is 1.78. The van der Waals surface area contributed by atoms with E-state index in [-0.39, 0.29) is 35.0 Å². The lowest BCUT2D eigenvalue weighted by atomic mass is 10.1. The van der Waals surface area contributed by atoms with Gasteiger partial charge in [0.05, 0.1) is 0 Å². The summed E-state index contributed by atoms with van der Waals surface area (Å²) in [7, 11) is 0. The zero-order chi connectivity index (χ0) is 18.5. The molecule has 2 amide bonds. The molecular formula is C20H18N4O2. The number of nitrogens with one attached hydrogen (secondary N) is 2. The van der Waals surface area contributed by atoms with E-state index in [1.54, 1.807) is 24.3 Å². The van der Waals surface area contributed by atoms with Gasteiger partial charge >= 0.3 is 0 Å². The maximum absolute atomic E-state index is 12.0. The van der Waals surface area contributed by atoms with Crippen LogP contribution in [0.4, 0.5) is 0 Å². The topological polar surface area (TPSA) is 106 Å². The van der Waals surface area contributed by atoms with E-state index in [2.05, 4.69) is 10.6 Å². The van der Waals surface area contributed by atoms with Gasteiger partial charge in [0.15, 0.2) is 0 Å². The molecular weight excluding hydrogens is 328 g/mol. The second kappa shape index (κ2) is 7.67. The van der Waals surface area contributed by atoms with E-state index in [9.17, 15) is 20.1 Å². The zero-order valence-corrected chi connectivity index (χ0v) is 14.2. The summed E-state index contributed by atoms with van der Waals surface area (Å²) >= 11 is 0. The Morgan fingerprint density at radius 2 is 1.31 bits per heavy atom. The Kier molecular flexibility index (Phi) is 5.15. The molecule has 0 aromatic heterocycles. The quantitative estimate of drug-likeness (QED) is 0.607. The van der Waals surface area contributed by atoms with E-state index in [4.69, 9.17) is 0 Å². The van der Waals surface area contributed by atoms with Crippen LogP contribution in [0.5, 0.6) is 0 Å². The molecule has 1 aromatic carbocycles. The predicted molar refractivity (Wildman–Crippen MR) is 96.0 cm³/mol. The van der Waals surface area contributed by atoms with Crippen LogP contribution in [0.2, 0.25) is 0 Å². The first kappa shape index (κ1) is 17.4. The lowest BCUT2D eigenvalue weighted by Crippen LogP contribution is -2.26. The molecule has 26 heavy (non-hydrogen) atoms. The molecule has 0 bridgehead atoms. The summed E-state index contributed by atoms with van der Waals surface area (Å²) in [6, 6.07) is 11.2. The van der Waals surface area contributed by atoms with E-state index in [0.29, 0.717) is 11.1 Å². The highest BCUT2D eigenvalue weighted by molar-refractivity contribution is 6.03. The third kappa shape index (κ3) is 4.81. The average Bonchev–Trinajstić information content (AvgIpc) is 3.54. The van der Waals surface area contributed by atoms with E-state index in [1.165, 1.54) is 12.2 Å². The molecule has 6 heteroatoms. The van der Waals surface area contributed by atoms with Crippen LogP contribution >= 0.6 is 0 Å². The lowest BCUT2D eigenvalue weighted by molar-refractivity contribution is -0.118. The number of nitrogens with zero attached hydrogens (tertiary/aromatic N) is 2. The highest BCUT2D eigenvalue weighted by Crippen LogP contribution is 2.21. The molecule has 0 radical (unpaired) electrons. The Labute approximate surface area is 151 Å². The SMILES string of the molecule is N#C/C(=C\c1cccc(/C=C(\C#N)C(=O)NC2CC2)c1)C(=O)NC1CC1. The van der Waals surface area contributed by atoms with E-state index in [1.807, 2.05) is 12.1 Å². The molecule has 0 atom stereocenters. The van der Waals surface area contributed by atoms with Crippen molar-refractivity contribution in [2.75, 3.05) is 0 Å². The third-order valence-corrected chi connectivity index (χ3v) is 4.09. The van der Waals surface area contributed by atoms with Crippen molar-refractivity contribution in [3.05, 3.63) is 46.5 Å². The van der Waals surface area contributed by atoms with Crippen molar-refractivity contribution in [1.29, 1.82) is 10.5 Å². The minimum absolute atomic E-state index is 0.0324. The van der Waals surface area contributed by atoms with Crippen LogP contribution in [0, 0.1) is 22.7 Å². The third-order valence-electron chi connectivity index (χ3n) is 4.09. The van der Waals surface area contributed by atoms with Crippen LogP contribution in [0.1, 0.15) is 36.8 Å². The second-order valence-electron chi connectivity index (χ2n) is 6.51. The van der Waals surface area contributed by atoms with Crippen molar-refractivity contribution in [1.82, 2.24) is 10.6 Å². The maximum atomic E-state index is 12.0. The number of nitriles is 2. The predicted octanol–water partition coefficient (Wildman–Crippen LogP) is 2.06. The molecule has 2 N–H and O–H groups in total. The van der Waals surface area contributed by atoms with Gasteiger partial charge in [-0.2, -0.15) is 10.5 Å². The molecule has 2 saturated carbocycles. The van der Waals surface area contributed by atoms with Gasteiger partial charge < -0.3 is 10.6 Å². The lowest BCUT2D eigenvalue weighted by Gasteiger charge is -2.03.